The second-order valence-corrected chi connectivity index (χ2v) is 7.06. The minimum absolute atomic E-state index is 0.000104. The van der Waals surface area contributed by atoms with Gasteiger partial charge in [-0.3, -0.25) is 14.6 Å². The van der Waals surface area contributed by atoms with Crippen LogP contribution in [0.5, 0.6) is 17.2 Å². The van der Waals surface area contributed by atoms with Gasteiger partial charge in [0.1, 0.15) is 5.75 Å². The second-order valence-electron chi connectivity index (χ2n) is 6.13. The van der Waals surface area contributed by atoms with Crippen LogP contribution < -0.4 is 14.2 Å². The third kappa shape index (κ3) is 3.08. The molecule has 1 atom stereocenters. The third-order valence-electron chi connectivity index (χ3n) is 4.54. The smallest absolute Gasteiger partial charge is 0.229 e. The van der Waals surface area contributed by atoms with E-state index in [-0.39, 0.29) is 18.2 Å². The summed E-state index contributed by atoms with van der Waals surface area (Å²) in [6.45, 7) is 0.502. The monoisotopic (exact) mass is 375 g/mol. The summed E-state index contributed by atoms with van der Waals surface area (Å²) in [6, 6.07) is 5.85. The molecule has 0 aromatic heterocycles. The first-order chi connectivity index (χ1) is 12.5. The number of nitriles is 1. The van der Waals surface area contributed by atoms with Crippen LogP contribution in [-0.4, -0.2) is 56.6 Å². The number of hydrogen-bond donors (Lipinski definition) is 0. The van der Waals surface area contributed by atoms with E-state index in [0.717, 1.165) is 16.5 Å². The summed E-state index contributed by atoms with van der Waals surface area (Å²) in [5.74, 6) is 2.01. The number of fused-ring (bicyclic) bond motifs is 1. The summed E-state index contributed by atoms with van der Waals surface area (Å²) in [5.41, 5.74) is 1.34. The summed E-state index contributed by atoms with van der Waals surface area (Å²) < 4.78 is 16.2. The van der Waals surface area contributed by atoms with Gasteiger partial charge < -0.3 is 14.2 Å². The van der Waals surface area contributed by atoms with Gasteiger partial charge in [0.05, 0.1) is 50.5 Å². The molecule has 3 rings (SSSR count). The van der Waals surface area contributed by atoms with E-state index < -0.39 is 0 Å². The van der Waals surface area contributed by atoms with Crippen LogP contribution in [-0.2, 0) is 4.79 Å². The molecule has 8 heteroatoms. The molecule has 0 aliphatic carbocycles. The molecule has 0 saturated carbocycles. The van der Waals surface area contributed by atoms with Crippen molar-refractivity contribution in [3.05, 3.63) is 28.3 Å². The predicted molar refractivity (Wildman–Crippen MR) is 98.0 cm³/mol. The molecule has 0 radical (unpaired) electrons. The Balaban J connectivity index is 2.13. The molecule has 26 heavy (non-hydrogen) atoms. The van der Waals surface area contributed by atoms with Gasteiger partial charge in [0.2, 0.25) is 5.91 Å². The summed E-state index contributed by atoms with van der Waals surface area (Å²) in [7, 11) is 6.62. The van der Waals surface area contributed by atoms with Gasteiger partial charge in [0.15, 0.2) is 11.5 Å². The number of thioether (sulfide) groups is 1. The van der Waals surface area contributed by atoms with Crippen molar-refractivity contribution in [3.8, 4) is 23.3 Å². The van der Waals surface area contributed by atoms with Crippen molar-refractivity contribution in [2.75, 3.05) is 40.9 Å². The van der Waals surface area contributed by atoms with Crippen molar-refractivity contribution >= 4 is 17.7 Å². The number of nitrogens with zero attached hydrogens (tertiary/aromatic N) is 3. The van der Waals surface area contributed by atoms with Crippen molar-refractivity contribution in [2.45, 2.75) is 12.3 Å². The predicted octanol–water partition coefficient (Wildman–Crippen LogP) is 2.36. The van der Waals surface area contributed by atoms with Crippen molar-refractivity contribution in [1.29, 1.82) is 5.26 Å². The zero-order valence-corrected chi connectivity index (χ0v) is 16.1. The van der Waals surface area contributed by atoms with Gasteiger partial charge in [0.25, 0.3) is 0 Å². The molecule has 7 nitrogen and oxygen atoms in total. The summed E-state index contributed by atoms with van der Waals surface area (Å²) in [6.07, 6.45) is 0.215. The van der Waals surface area contributed by atoms with E-state index >= 15 is 0 Å². The first-order valence-electron chi connectivity index (χ1n) is 8.09. The Labute approximate surface area is 157 Å². The topological polar surface area (TPSA) is 75.0 Å². The van der Waals surface area contributed by atoms with Gasteiger partial charge in [-0.05, 0) is 13.1 Å². The minimum Gasteiger partial charge on any atom is -0.496 e. The molecule has 0 spiro atoms. The minimum atomic E-state index is -0.371. The number of benzene rings is 1. The summed E-state index contributed by atoms with van der Waals surface area (Å²) >= 11 is 1.51. The molecule has 0 bridgehead atoms. The number of methoxy groups -OCH3 is 3. The molecular formula is C18H21N3O4S. The number of carbonyl (C=O) groups excluding carboxylic acids is 1. The van der Waals surface area contributed by atoms with Crippen molar-refractivity contribution in [3.63, 3.8) is 0 Å². The highest BCUT2D eigenvalue weighted by molar-refractivity contribution is 8.03. The molecule has 138 valence electrons. The van der Waals surface area contributed by atoms with E-state index in [0.29, 0.717) is 29.5 Å². The highest BCUT2D eigenvalue weighted by atomic mass is 32.2. The maximum atomic E-state index is 12.7. The number of carbonyl (C=O) groups is 1. The molecule has 1 fully saturated rings. The van der Waals surface area contributed by atoms with Crippen molar-refractivity contribution in [2.24, 2.45) is 0 Å². The fourth-order valence-corrected chi connectivity index (χ4v) is 4.35. The average Bonchev–Trinajstić information content (AvgIpc) is 2.67. The molecule has 0 unspecified atom stereocenters. The first-order valence-corrected chi connectivity index (χ1v) is 9.08. The number of ether oxygens (including phenoxy) is 3. The molecule has 2 aliphatic rings. The van der Waals surface area contributed by atoms with Gasteiger partial charge in [-0.15, -0.1) is 0 Å². The zero-order valence-electron chi connectivity index (χ0n) is 15.2. The number of rotatable bonds is 4. The molecule has 0 N–H and O–H groups in total. The van der Waals surface area contributed by atoms with Crippen LogP contribution in [0.1, 0.15) is 17.9 Å². The second kappa shape index (κ2) is 7.48. The van der Waals surface area contributed by atoms with E-state index in [2.05, 4.69) is 6.07 Å². The van der Waals surface area contributed by atoms with Crippen molar-refractivity contribution in [1.82, 2.24) is 9.80 Å². The standard InChI is InChI=1S/C18H21N3O4S/c1-20-9-21-17(22)6-11(13(8-19)18(21)26-10-20)12-5-15(24-3)16(25-4)7-14(12)23-2/h5,7,11H,6,9-10H2,1-4H3/t11-/m1/s1. The quantitative estimate of drug-likeness (QED) is 0.800. The molecular weight excluding hydrogens is 354 g/mol. The summed E-state index contributed by atoms with van der Waals surface area (Å²) in [4.78, 5) is 16.5. The fraction of sp³-hybridized carbons (Fsp3) is 0.444. The van der Waals surface area contributed by atoms with E-state index in [4.69, 9.17) is 14.2 Å². The van der Waals surface area contributed by atoms with E-state index in [1.54, 1.807) is 38.4 Å². The van der Waals surface area contributed by atoms with Crippen LogP contribution in [0.2, 0.25) is 0 Å². The Morgan fingerprint density at radius 2 is 1.81 bits per heavy atom. The molecule has 1 aromatic carbocycles. The normalized spacial score (nSPS) is 20.5. The van der Waals surface area contributed by atoms with Crippen LogP contribution in [0.3, 0.4) is 0 Å². The molecule has 2 heterocycles. The molecule has 1 saturated heterocycles. The van der Waals surface area contributed by atoms with Gasteiger partial charge >= 0.3 is 0 Å². The van der Waals surface area contributed by atoms with Gasteiger partial charge in [0, 0.05) is 24.0 Å². The Morgan fingerprint density at radius 1 is 1.15 bits per heavy atom. The van der Waals surface area contributed by atoms with Gasteiger partial charge in [-0.2, -0.15) is 5.26 Å². The number of allylic oxidation sites excluding steroid dienone is 1. The molecule has 2 aliphatic heterocycles. The largest absolute Gasteiger partial charge is 0.496 e. The van der Waals surface area contributed by atoms with Crippen LogP contribution in [0, 0.1) is 11.3 Å². The maximum absolute atomic E-state index is 12.7. The van der Waals surface area contributed by atoms with Crippen LogP contribution in [0.4, 0.5) is 0 Å². The number of amides is 1. The highest BCUT2D eigenvalue weighted by Crippen LogP contribution is 2.47. The van der Waals surface area contributed by atoms with Crippen LogP contribution >= 0.6 is 11.8 Å². The number of hydrogen-bond acceptors (Lipinski definition) is 7. The van der Waals surface area contributed by atoms with Crippen LogP contribution in [0.15, 0.2) is 22.7 Å². The molecule has 1 amide bonds. The van der Waals surface area contributed by atoms with Crippen molar-refractivity contribution < 1.29 is 19.0 Å². The Kier molecular flexibility index (Phi) is 5.30. The third-order valence-corrected chi connectivity index (χ3v) is 5.82. The average molecular weight is 375 g/mol. The Morgan fingerprint density at radius 3 is 2.42 bits per heavy atom. The lowest BCUT2D eigenvalue weighted by Crippen LogP contribution is -2.45. The zero-order chi connectivity index (χ0) is 18.8. The maximum Gasteiger partial charge on any atom is 0.229 e. The van der Waals surface area contributed by atoms with Gasteiger partial charge in [-0.25, -0.2) is 0 Å². The van der Waals surface area contributed by atoms with E-state index in [9.17, 15) is 10.1 Å². The fourth-order valence-electron chi connectivity index (χ4n) is 3.26. The lowest BCUT2D eigenvalue weighted by atomic mass is 9.85. The highest BCUT2D eigenvalue weighted by Gasteiger charge is 2.39. The lowest BCUT2D eigenvalue weighted by molar-refractivity contribution is -0.131. The van der Waals surface area contributed by atoms with E-state index in [1.165, 1.54) is 11.8 Å². The summed E-state index contributed by atoms with van der Waals surface area (Å²) in [5, 5.41) is 10.6. The van der Waals surface area contributed by atoms with E-state index in [1.807, 2.05) is 11.9 Å². The molecule has 1 aromatic rings. The first kappa shape index (κ1) is 18.4. The Hall–Kier alpha value is -2.37. The van der Waals surface area contributed by atoms with Gasteiger partial charge in [-0.1, -0.05) is 11.8 Å². The Bertz CT molecular complexity index is 802. The SMILES string of the molecule is COc1cc(OC)c([C@H]2CC(=O)N3CN(C)CSC3=C2C#N)cc1OC. The van der Waals surface area contributed by atoms with Crippen LogP contribution in [0.25, 0.3) is 0 Å². The lowest BCUT2D eigenvalue weighted by Gasteiger charge is -2.40.